The van der Waals surface area contributed by atoms with Gasteiger partial charge in [0.2, 0.25) is 5.88 Å². The molecule has 0 saturated carbocycles. The number of aryl methyl sites for hydroxylation is 1. The smallest absolute Gasteiger partial charge is 0.333 e. The van der Waals surface area contributed by atoms with Crippen molar-refractivity contribution in [2.24, 2.45) is 0 Å². The van der Waals surface area contributed by atoms with Crippen LogP contribution >= 0.6 is 0 Å². The first-order valence-corrected chi connectivity index (χ1v) is 6.55. The van der Waals surface area contributed by atoms with Crippen LogP contribution < -0.4 is 10.1 Å². The Morgan fingerprint density at radius 2 is 2.05 bits per heavy atom. The molecule has 1 N–H and O–H groups in total. The molecular weight excluding hydrogens is 268 g/mol. The number of methoxy groups -OCH3 is 2. The Balaban J connectivity index is 2.27. The molecule has 1 atom stereocenters. The highest BCUT2D eigenvalue weighted by molar-refractivity contribution is 5.81. The van der Waals surface area contributed by atoms with Crippen molar-refractivity contribution in [3.8, 4) is 5.88 Å². The summed E-state index contributed by atoms with van der Waals surface area (Å²) in [4.78, 5) is 16.1. The van der Waals surface area contributed by atoms with Crippen molar-refractivity contribution < 1.29 is 14.3 Å². The largest absolute Gasteiger partial charge is 0.481 e. The van der Waals surface area contributed by atoms with Gasteiger partial charge in [-0.25, -0.2) is 9.78 Å². The summed E-state index contributed by atoms with van der Waals surface area (Å²) in [6.45, 7) is 1.99. The maximum atomic E-state index is 12.0. The average molecular weight is 286 g/mol. The van der Waals surface area contributed by atoms with Gasteiger partial charge in [-0.1, -0.05) is 12.1 Å². The number of nitrogens with one attached hydrogen (secondary N) is 1. The Bertz CT molecular complexity index is 611. The van der Waals surface area contributed by atoms with Crippen LogP contribution in [0.1, 0.15) is 17.2 Å². The Kier molecular flexibility index (Phi) is 4.77. The van der Waals surface area contributed by atoms with Gasteiger partial charge in [0.25, 0.3) is 0 Å². The number of hydrogen-bond donors (Lipinski definition) is 1. The number of hydrogen-bond acceptors (Lipinski definition) is 5. The summed E-state index contributed by atoms with van der Waals surface area (Å²) in [5, 5.41) is 3.17. The Labute approximate surface area is 123 Å². The number of aromatic nitrogens is 1. The van der Waals surface area contributed by atoms with Crippen LogP contribution in [0.25, 0.3) is 0 Å². The fourth-order valence-corrected chi connectivity index (χ4v) is 1.98. The van der Waals surface area contributed by atoms with E-state index in [4.69, 9.17) is 9.47 Å². The van der Waals surface area contributed by atoms with E-state index in [1.165, 1.54) is 7.11 Å². The van der Waals surface area contributed by atoms with Gasteiger partial charge in [0.05, 0.1) is 14.2 Å². The van der Waals surface area contributed by atoms with Crippen molar-refractivity contribution in [3.63, 3.8) is 0 Å². The third kappa shape index (κ3) is 3.72. The number of esters is 1. The zero-order chi connectivity index (χ0) is 15.2. The average Bonchev–Trinajstić information content (AvgIpc) is 2.52. The highest BCUT2D eigenvalue weighted by Crippen LogP contribution is 2.22. The van der Waals surface area contributed by atoms with Crippen molar-refractivity contribution in [1.82, 2.24) is 4.98 Å². The van der Waals surface area contributed by atoms with Crippen LogP contribution in [0.2, 0.25) is 0 Å². The van der Waals surface area contributed by atoms with E-state index in [2.05, 4.69) is 10.3 Å². The Morgan fingerprint density at radius 3 is 2.62 bits per heavy atom. The minimum absolute atomic E-state index is 0.372. The second-order valence-electron chi connectivity index (χ2n) is 4.60. The molecule has 5 heteroatoms. The van der Waals surface area contributed by atoms with Crippen LogP contribution in [0.5, 0.6) is 5.88 Å². The molecule has 0 aliphatic heterocycles. The SMILES string of the molecule is COC(=O)C(Nc1cccc(C)c1)c1ccc(OC)nc1. The maximum Gasteiger partial charge on any atom is 0.333 e. The van der Waals surface area contributed by atoms with Gasteiger partial charge in [0.15, 0.2) is 6.04 Å². The van der Waals surface area contributed by atoms with Gasteiger partial charge >= 0.3 is 5.97 Å². The van der Waals surface area contributed by atoms with E-state index in [0.717, 1.165) is 11.3 Å². The Morgan fingerprint density at radius 1 is 1.24 bits per heavy atom. The predicted molar refractivity (Wildman–Crippen MR) is 80.3 cm³/mol. The van der Waals surface area contributed by atoms with Crippen molar-refractivity contribution >= 4 is 11.7 Å². The molecule has 0 bridgehead atoms. The maximum absolute atomic E-state index is 12.0. The summed E-state index contributed by atoms with van der Waals surface area (Å²) in [6.07, 6.45) is 1.60. The number of rotatable bonds is 5. The molecule has 2 rings (SSSR count). The van der Waals surface area contributed by atoms with Crippen LogP contribution in [-0.2, 0) is 9.53 Å². The van der Waals surface area contributed by atoms with E-state index in [1.807, 2.05) is 31.2 Å². The highest BCUT2D eigenvalue weighted by atomic mass is 16.5. The van der Waals surface area contributed by atoms with Crippen LogP contribution in [0.3, 0.4) is 0 Å². The minimum Gasteiger partial charge on any atom is -0.481 e. The third-order valence-corrected chi connectivity index (χ3v) is 3.07. The standard InChI is InChI=1S/C16H18N2O3/c1-11-5-4-6-13(9-11)18-15(16(19)21-3)12-7-8-14(20-2)17-10-12/h4-10,15,18H,1-3H3. The first-order chi connectivity index (χ1) is 10.1. The van der Waals surface area contributed by atoms with E-state index in [0.29, 0.717) is 11.4 Å². The highest BCUT2D eigenvalue weighted by Gasteiger charge is 2.21. The van der Waals surface area contributed by atoms with Gasteiger partial charge in [-0.3, -0.25) is 0 Å². The van der Waals surface area contributed by atoms with E-state index in [1.54, 1.807) is 25.4 Å². The Hall–Kier alpha value is -2.56. The molecule has 2 aromatic rings. The summed E-state index contributed by atoms with van der Waals surface area (Å²) in [5.74, 6) is 0.126. The van der Waals surface area contributed by atoms with Gasteiger partial charge in [0, 0.05) is 23.5 Å². The molecule has 1 heterocycles. The number of benzene rings is 1. The van der Waals surface area contributed by atoms with Crippen molar-refractivity contribution in [1.29, 1.82) is 0 Å². The van der Waals surface area contributed by atoms with Gasteiger partial charge in [0.1, 0.15) is 0 Å². The monoisotopic (exact) mass is 286 g/mol. The van der Waals surface area contributed by atoms with Crippen molar-refractivity contribution in [3.05, 3.63) is 53.7 Å². The summed E-state index contributed by atoms with van der Waals surface area (Å²) in [7, 11) is 2.91. The van der Waals surface area contributed by atoms with E-state index < -0.39 is 6.04 Å². The molecule has 0 fully saturated rings. The quantitative estimate of drug-likeness (QED) is 0.856. The molecule has 1 aromatic carbocycles. The zero-order valence-corrected chi connectivity index (χ0v) is 12.3. The summed E-state index contributed by atoms with van der Waals surface area (Å²) < 4.78 is 9.89. The van der Waals surface area contributed by atoms with E-state index in [-0.39, 0.29) is 5.97 Å². The lowest BCUT2D eigenvalue weighted by atomic mass is 10.1. The topological polar surface area (TPSA) is 60.5 Å². The predicted octanol–water partition coefficient (Wildman–Crippen LogP) is 2.72. The molecule has 0 aliphatic carbocycles. The van der Waals surface area contributed by atoms with E-state index >= 15 is 0 Å². The zero-order valence-electron chi connectivity index (χ0n) is 12.3. The van der Waals surface area contributed by atoms with Crippen LogP contribution in [0, 0.1) is 6.92 Å². The molecule has 0 spiro atoms. The molecule has 0 saturated heterocycles. The molecule has 0 amide bonds. The van der Waals surface area contributed by atoms with Crippen LogP contribution in [-0.4, -0.2) is 25.2 Å². The number of carbonyl (C=O) groups is 1. The van der Waals surface area contributed by atoms with Crippen LogP contribution in [0.15, 0.2) is 42.6 Å². The van der Waals surface area contributed by atoms with Gasteiger partial charge in [-0.2, -0.15) is 0 Å². The normalized spacial score (nSPS) is 11.6. The van der Waals surface area contributed by atoms with Crippen molar-refractivity contribution in [2.75, 3.05) is 19.5 Å². The summed E-state index contributed by atoms with van der Waals surface area (Å²) >= 11 is 0. The molecule has 21 heavy (non-hydrogen) atoms. The molecule has 0 radical (unpaired) electrons. The lowest BCUT2D eigenvalue weighted by Crippen LogP contribution is -2.22. The van der Waals surface area contributed by atoms with Gasteiger partial charge in [-0.05, 0) is 30.7 Å². The lowest BCUT2D eigenvalue weighted by Gasteiger charge is -2.18. The van der Waals surface area contributed by atoms with E-state index in [9.17, 15) is 4.79 Å². The fraction of sp³-hybridized carbons (Fsp3) is 0.250. The molecular formula is C16H18N2O3. The fourth-order valence-electron chi connectivity index (χ4n) is 1.98. The first-order valence-electron chi connectivity index (χ1n) is 6.55. The van der Waals surface area contributed by atoms with Crippen molar-refractivity contribution in [2.45, 2.75) is 13.0 Å². The van der Waals surface area contributed by atoms with Crippen LogP contribution in [0.4, 0.5) is 5.69 Å². The number of anilines is 1. The molecule has 5 nitrogen and oxygen atoms in total. The lowest BCUT2D eigenvalue weighted by molar-refractivity contribution is -0.141. The summed E-state index contributed by atoms with van der Waals surface area (Å²) in [5.41, 5.74) is 2.67. The number of nitrogens with zero attached hydrogens (tertiary/aromatic N) is 1. The number of pyridine rings is 1. The third-order valence-electron chi connectivity index (χ3n) is 3.07. The number of carbonyl (C=O) groups excluding carboxylic acids is 1. The van der Waals surface area contributed by atoms with Gasteiger partial charge < -0.3 is 14.8 Å². The number of ether oxygens (including phenoxy) is 2. The molecule has 110 valence electrons. The first kappa shape index (κ1) is 14.8. The molecule has 1 aromatic heterocycles. The molecule has 1 unspecified atom stereocenters. The van der Waals surface area contributed by atoms with Gasteiger partial charge in [-0.15, -0.1) is 0 Å². The second-order valence-corrected chi connectivity index (χ2v) is 4.60. The second kappa shape index (κ2) is 6.74. The minimum atomic E-state index is -0.616. The summed E-state index contributed by atoms with van der Waals surface area (Å²) in [6, 6.07) is 10.7. The molecule has 0 aliphatic rings.